The molecule has 0 spiro atoms. The number of anilines is 1. The largest absolute Gasteiger partial charge is 0.389 e. The van der Waals surface area contributed by atoms with Crippen LogP contribution in [0.1, 0.15) is 11.3 Å². The second-order valence-electron chi connectivity index (χ2n) is 4.65. The van der Waals surface area contributed by atoms with E-state index in [9.17, 15) is 4.79 Å². The maximum Gasteiger partial charge on any atom is 0.238 e. The molecule has 7 heteroatoms. The van der Waals surface area contributed by atoms with Crippen molar-refractivity contribution in [2.45, 2.75) is 6.54 Å². The molecule has 21 heavy (non-hydrogen) atoms. The Morgan fingerprint density at radius 3 is 3.00 bits per heavy atom. The maximum atomic E-state index is 12.0. The SMILES string of the molecule is CN(CC(=O)Nc1cccc(C(N)=S)c1)Cc1cscn1. The number of likely N-dealkylation sites (N-methyl/N-ethyl adjacent to an activating group) is 1. The second-order valence-corrected chi connectivity index (χ2v) is 5.80. The fourth-order valence-corrected chi connectivity index (χ4v) is 2.52. The van der Waals surface area contributed by atoms with Crippen molar-refractivity contribution in [1.29, 1.82) is 0 Å². The van der Waals surface area contributed by atoms with Crippen molar-refractivity contribution in [3.8, 4) is 0 Å². The predicted octanol–water partition coefficient (Wildman–Crippen LogP) is 1.85. The molecule has 1 aromatic carbocycles. The van der Waals surface area contributed by atoms with Crippen molar-refractivity contribution >= 4 is 40.1 Å². The molecule has 0 unspecified atom stereocenters. The van der Waals surface area contributed by atoms with Crippen LogP contribution in [0.2, 0.25) is 0 Å². The molecule has 0 saturated heterocycles. The number of thiocarbonyl (C=S) groups is 1. The summed E-state index contributed by atoms with van der Waals surface area (Å²) < 4.78 is 0. The average Bonchev–Trinajstić information content (AvgIpc) is 2.91. The van der Waals surface area contributed by atoms with Crippen LogP contribution in [-0.4, -0.2) is 34.4 Å². The van der Waals surface area contributed by atoms with E-state index >= 15 is 0 Å². The van der Waals surface area contributed by atoms with Gasteiger partial charge >= 0.3 is 0 Å². The van der Waals surface area contributed by atoms with E-state index in [0.29, 0.717) is 17.2 Å². The van der Waals surface area contributed by atoms with Gasteiger partial charge in [-0.15, -0.1) is 11.3 Å². The number of thiazole rings is 1. The van der Waals surface area contributed by atoms with Crippen molar-refractivity contribution in [1.82, 2.24) is 9.88 Å². The minimum Gasteiger partial charge on any atom is -0.389 e. The highest BCUT2D eigenvalue weighted by molar-refractivity contribution is 7.80. The van der Waals surface area contributed by atoms with Crippen LogP contribution in [0.25, 0.3) is 0 Å². The number of nitrogens with one attached hydrogen (secondary N) is 1. The van der Waals surface area contributed by atoms with Gasteiger partial charge in [0.1, 0.15) is 4.99 Å². The third-order valence-electron chi connectivity index (χ3n) is 2.76. The van der Waals surface area contributed by atoms with Gasteiger partial charge in [-0.3, -0.25) is 9.69 Å². The van der Waals surface area contributed by atoms with Crippen molar-refractivity contribution < 1.29 is 4.79 Å². The number of carbonyl (C=O) groups is 1. The van der Waals surface area contributed by atoms with Gasteiger partial charge in [-0.1, -0.05) is 24.4 Å². The third kappa shape index (κ3) is 4.89. The molecule has 5 nitrogen and oxygen atoms in total. The number of rotatable bonds is 6. The van der Waals surface area contributed by atoms with Crippen LogP contribution in [0.3, 0.4) is 0 Å². The Hall–Kier alpha value is -1.83. The number of aromatic nitrogens is 1. The zero-order valence-corrected chi connectivity index (χ0v) is 13.2. The van der Waals surface area contributed by atoms with Gasteiger partial charge in [-0.05, 0) is 19.2 Å². The molecular weight excluding hydrogens is 304 g/mol. The molecule has 0 fully saturated rings. The number of nitrogens with two attached hydrogens (primary N) is 1. The summed E-state index contributed by atoms with van der Waals surface area (Å²) in [6.45, 7) is 0.929. The average molecular weight is 320 g/mol. The van der Waals surface area contributed by atoms with Gasteiger partial charge in [0.15, 0.2) is 0 Å². The molecule has 1 amide bonds. The summed E-state index contributed by atoms with van der Waals surface area (Å²) in [6.07, 6.45) is 0. The smallest absolute Gasteiger partial charge is 0.238 e. The van der Waals surface area contributed by atoms with Crippen LogP contribution < -0.4 is 11.1 Å². The van der Waals surface area contributed by atoms with Crippen molar-refractivity contribution in [2.75, 3.05) is 18.9 Å². The third-order valence-corrected chi connectivity index (χ3v) is 3.63. The Morgan fingerprint density at radius 2 is 2.33 bits per heavy atom. The molecule has 0 radical (unpaired) electrons. The van der Waals surface area contributed by atoms with E-state index in [4.69, 9.17) is 18.0 Å². The summed E-state index contributed by atoms with van der Waals surface area (Å²) in [5.74, 6) is -0.0900. The molecule has 2 aromatic rings. The first-order valence-electron chi connectivity index (χ1n) is 6.30. The summed E-state index contributed by atoms with van der Waals surface area (Å²) in [6, 6.07) is 7.19. The minimum atomic E-state index is -0.0900. The lowest BCUT2D eigenvalue weighted by molar-refractivity contribution is -0.117. The Bertz CT molecular complexity index is 628. The van der Waals surface area contributed by atoms with Crippen molar-refractivity contribution in [2.24, 2.45) is 5.73 Å². The molecule has 1 heterocycles. The molecule has 1 aromatic heterocycles. The van der Waals surface area contributed by atoms with E-state index in [2.05, 4.69) is 10.3 Å². The van der Waals surface area contributed by atoms with Gasteiger partial charge in [0.25, 0.3) is 0 Å². The minimum absolute atomic E-state index is 0.0900. The van der Waals surface area contributed by atoms with Crippen molar-refractivity contribution in [3.63, 3.8) is 0 Å². The number of hydrogen-bond donors (Lipinski definition) is 2. The highest BCUT2D eigenvalue weighted by Gasteiger charge is 2.09. The van der Waals surface area contributed by atoms with Crippen LogP contribution in [0, 0.1) is 0 Å². The van der Waals surface area contributed by atoms with E-state index in [1.807, 2.05) is 29.5 Å². The van der Waals surface area contributed by atoms with Crippen molar-refractivity contribution in [3.05, 3.63) is 46.4 Å². The Balaban J connectivity index is 1.89. The van der Waals surface area contributed by atoms with Gasteiger partial charge < -0.3 is 11.1 Å². The lowest BCUT2D eigenvalue weighted by Crippen LogP contribution is -2.30. The van der Waals surface area contributed by atoms with E-state index in [1.165, 1.54) is 0 Å². The molecule has 0 atom stereocenters. The topological polar surface area (TPSA) is 71.2 Å². The highest BCUT2D eigenvalue weighted by Crippen LogP contribution is 2.11. The van der Waals surface area contributed by atoms with Crippen LogP contribution in [0.15, 0.2) is 35.2 Å². The van der Waals surface area contributed by atoms with Crippen LogP contribution >= 0.6 is 23.6 Å². The zero-order chi connectivity index (χ0) is 15.2. The van der Waals surface area contributed by atoms with Gasteiger partial charge in [0, 0.05) is 23.2 Å². The number of hydrogen-bond acceptors (Lipinski definition) is 5. The second kappa shape index (κ2) is 7.26. The molecule has 3 N–H and O–H groups in total. The molecule has 2 rings (SSSR count). The van der Waals surface area contributed by atoms with Crippen LogP contribution in [-0.2, 0) is 11.3 Å². The zero-order valence-electron chi connectivity index (χ0n) is 11.6. The first kappa shape index (κ1) is 15.6. The Morgan fingerprint density at radius 1 is 1.52 bits per heavy atom. The molecule has 0 aliphatic heterocycles. The number of nitrogens with zero attached hydrogens (tertiary/aromatic N) is 2. The van der Waals surface area contributed by atoms with Gasteiger partial charge in [-0.2, -0.15) is 0 Å². The summed E-state index contributed by atoms with van der Waals surface area (Å²) in [4.78, 5) is 18.4. The summed E-state index contributed by atoms with van der Waals surface area (Å²) >= 11 is 6.47. The predicted molar refractivity (Wildman–Crippen MR) is 89.4 cm³/mol. The molecule has 0 bridgehead atoms. The fraction of sp³-hybridized carbons (Fsp3) is 0.214. The molecule has 110 valence electrons. The number of amides is 1. The van der Waals surface area contributed by atoms with Crippen LogP contribution in [0.4, 0.5) is 5.69 Å². The lowest BCUT2D eigenvalue weighted by Gasteiger charge is -2.15. The summed E-state index contributed by atoms with van der Waals surface area (Å²) in [5, 5.41) is 4.81. The highest BCUT2D eigenvalue weighted by atomic mass is 32.1. The van der Waals surface area contributed by atoms with Gasteiger partial charge in [-0.25, -0.2) is 4.98 Å². The van der Waals surface area contributed by atoms with E-state index in [1.54, 1.807) is 29.0 Å². The fourth-order valence-electron chi connectivity index (χ4n) is 1.84. The standard InChI is InChI=1S/C14H16N4OS2/c1-18(6-12-8-21-9-16-12)7-13(19)17-11-4-2-3-10(5-11)14(15)20/h2-5,8-9H,6-7H2,1H3,(H2,15,20)(H,17,19). The molecule has 0 saturated carbocycles. The van der Waals surface area contributed by atoms with Crippen LogP contribution in [0.5, 0.6) is 0 Å². The lowest BCUT2D eigenvalue weighted by atomic mass is 10.2. The van der Waals surface area contributed by atoms with E-state index < -0.39 is 0 Å². The number of benzene rings is 1. The van der Waals surface area contributed by atoms with Gasteiger partial charge in [0.05, 0.1) is 17.7 Å². The van der Waals surface area contributed by atoms with E-state index in [0.717, 1.165) is 11.3 Å². The Kier molecular flexibility index (Phi) is 5.38. The molecule has 0 aliphatic rings. The first-order valence-corrected chi connectivity index (χ1v) is 7.65. The monoisotopic (exact) mass is 320 g/mol. The summed E-state index contributed by atoms with van der Waals surface area (Å²) in [7, 11) is 1.88. The normalized spacial score (nSPS) is 10.6. The number of carbonyl (C=O) groups excluding carboxylic acids is 1. The quantitative estimate of drug-likeness (QED) is 0.795. The molecular formula is C14H16N4OS2. The van der Waals surface area contributed by atoms with E-state index in [-0.39, 0.29) is 12.5 Å². The summed E-state index contributed by atoms with van der Waals surface area (Å²) in [5.41, 5.74) is 9.74. The molecule has 0 aliphatic carbocycles. The Labute approximate surface area is 132 Å². The maximum absolute atomic E-state index is 12.0. The van der Waals surface area contributed by atoms with Gasteiger partial charge in [0.2, 0.25) is 5.91 Å². The first-order chi connectivity index (χ1) is 10.0.